The van der Waals surface area contributed by atoms with E-state index in [2.05, 4.69) is 26.6 Å². The molecule has 1 aliphatic heterocycles. The van der Waals surface area contributed by atoms with Crippen molar-refractivity contribution < 1.29 is 9.53 Å². The number of thiocarbonyl (C=S) groups is 1. The zero-order valence-electron chi connectivity index (χ0n) is 15.4. The van der Waals surface area contributed by atoms with Gasteiger partial charge in [-0.2, -0.15) is 0 Å². The maximum Gasteiger partial charge on any atom is 0.193 e. The van der Waals surface area contributed by atoms with Crippen LogP contribution in [0.5, 0.6) is 5.75 Å². The minimum atomic E-state index is -0.337. The van der Waals surface area contributed by atoms with E-state index in [1.807, 2.05) is 69.3 Å². The predicted octanol–water partition coefficient (Wildman–Crippen LogP) is 4.91. The number of benzene rings is 2. The Kier molecular flexibility index (Phi) is 5.97. The molecule has 2 aromatic rings. The maximum absolute atomic E-state index is 13.2. The van der Waals surface area contributed by atoms with Crippen LogP contribution in [0.25, 0.3) is 0 Å². The summed E-state index contributed by atoms with van der Waals surface area (Å²) in [5.74, 6) is 0.737. The van der Waals surface area contributed by atoms with Crippen molar-refractivity contribution in [3.8, 4) is 5.75 Å². The molecule has 140 valence electrons. The average Bonchev–Trinajstić information content (AvgIpc) is 2.62. The number of ether oxygens (including phenoxy) is 1. The van der Waals surface area contributed by atoms with Crippen molar-refractivity contribution in [3.05, 3.63) is 75.4 Å². The highest BCUT2D eigenvalue weighted by molar-refractivity contribution is 9.10. The second-order valence-electron chi connectivity index (χ2n) is 6.62. The first-order valence-electron chi connectivity index (χ1n) is 8.71. The third kappa shape index (κ3) is 4.39. The van der Waals surface area contributed by atoms with Crippen molar-refractivity contribution in [1.29, 1.82) is 0 Å². The molecule has 0 aromatic heterocycles. The molecule has 4 nitrogen and oxygen atoms in total. The summed E-state index contributed by atoms with van der Waals surface area (Å²) in [6, 6.07) is 14.8. The van der Waals surface area contributed by atoms with Gasteiger partial charge in [-0.05, 0) is 66.6 Å². The fourth-order valence-electron chi connectivity index (χ4n) is 3.04. The molecule has 0 amide bonds. The topological polar surface area (TPSA) is 50.4 Å². The van der Waals surface area contributed by atoms with E-state index in [-0.39, 0.29) is 17.9 Å². The summed E-state index contributed by atoms with van der Waals surface area (Å²) in [7, 11) is 0. The van der Waals surface area contributed by atoms with E-state index in [1.54, 1.807) is 0 Å². The van der Waals surface area contributed by atoms with Gasteiger partial charge in [0, 0.05) is 16.8 Å². The Bertz CT molecular complexity index is 910. The summed E-state index contributed by atoms with van der Waals surface area (Å²) in [4.78, 5) is 13.2. The van der Waals surface area contributed by atoms with Crippen LogP contribution < -0.4 is 15.4 Å². The van der Waals surface area contributed by atoms with Gasteiger partial charge in [0.2, 0.25) is 0 Å². The van der Waals surface area contributed by atoms with Gasteiger partial charge in [0.1, 0.15) is 5.75 Å². The van der Waals surface area contributed by atoms with E-state index in [0.29, 0.717) is 16.2 Å². The van der Waals surface area contributed by atoms with E-state index in [4.69, 9.17) is 17.0 Å². The SMILES string of the molecule is CC1=C(C(=O)c2ccccc2)C(c2ccc(OC(C)C)c(Br)c2)NC(=S)N1. The predicted molar refractivity (Wildman–Crippen MR) is 115 cm³/mol. The van der Waals surface area contributed by atoms with E-state index in [9.17, 15) is 4.79 Å². The van der Waals surface area contributed by atoms with E-state index in [1.165, 1.54) is 0 Å². The molecule has 0 fully saturated rings. The van der Waals surface area contributed by atoms with Crippen LogP contribution in [0.2, 0.25) is 0 Å². The molecule has 1 unspecified atom stereocenters. The second-order valence-corrected chi connectivity index (χ2v) is 7.88. The molecule has 2 N–H and O–H groups in total. The summed E-state index contributed by atoms with van der Waals surface area (Å²) in [5, 5.41) is 6.81. The number of allylic oxidation sites excluding steroid dienone is 1. The first kappa shape index (κ1) is 19.6. The Morgan fingerprint density at radius 2 is 1.89 bits per heavy atom. The van der Waals surface area contributed by atoms with E-state index < -0.39 is 0 Å². The lowest BCUT2D eigenvalue weighted by Gasteiger charge is -2.30. The van der Waals surface area contributed by atoms with Crippen LogP contribution >= 0.6 is 28.1 Å². The zero-order valence-corrected chi connectivity index (χ0v) is 17.8. The van der Waals surface area contributed by atoms with Crippen molar-refractivity contribution in [2.75, 3.05) is 0 Å². The molecule has 2 aromatic carbocycles. The van der Waals surface area contributed by atoms with Gasteiger partial charge in [-0.25, -0.2) is 0 Å². The normalized spacial score (nSPS) is 16.8. The van der Waals surface area contributed by atoms with E-state index >= 15 is 0 Å². The molecule has 1 heterocycles. The summed E-state index contributed by atoms with van der Waals surface area (Å²) in [5.41, 5.74) is 2.99. The first-order chi connectivity index (χ1) is 12.9. The third-order valence-electron chi connectivity index (χ3n) is 4.20. The second kappa shape index (κ2) is 8.23. The number of rotatable bonds is 5. The average molecular weight is 445 g/mol. The number of hydrogen-bond acceptors (Lipinski definition) is 3. The number of Topliss-reactive ketones (excluding diaryl/α,β-unsaturated/α-hetero) is 1. The Morgan fingerprint density at radius 3 is 2.52 bits per heavy atom. The molecule has 0 saturated carbocycles. The van der Waals surface area contributed by atoms with Crippen molar-refractivity contribution in [2.45, 2.75) is 32.9 Å². The molecule has 27 heavy (non-hydrogen) atoms. The number of halogens is 1. The first-order valence-corrected chi connectivity index (χ1v) is 9.91. The smallest absolute Gasteiger partial charge is 0.193 e. The molecular weight excluding hydrogens is 424 g/mol. The summed E-state index contributed by atoms with van der Waals surface area (Å²) in [6.45, 7) is 5.84. The standard InChI is InChI=1S/C21H21BrN2O2S/c1-12(2)26-17-10-9-15(11-16(17)22)19-18(13(3)23-21(27)24-19)20(25)14-7-5-4-6-8-14/h4-12,19H,1-3H3,(H2,23,24,27). The van der Waals surface area contributed by atoms with Crippen molar-refractivity contribution in [1.82, 2.24) is 10.6 Å². The van der Waals surface area contributed by atoms with Gasteiger partial charge < -0.3 is 15.4 Å². The lowest BCUT2D eigenvalue weighted by molar-refractivity contribution is 0.102. The molecule has 0 saturated heterocycles. The van der Waals surface area contributed by atoms with E-state index in [0.717, 1.165) is 21.5 Å². The number of hydrogen-bond donors (Lipinski definition) is 2. The molecule has 3 rings (SSSR count). The Balaban J connectivity index is 2.01. The van der Waals surface area contributed by atoms with Gasteiger partial charge >= 0.3 is 0 Å². The van der Waals surface area contributed by atoms with Gasteiger partial charge in [-0.1, -0.05) is 36.4 Å². The van der Waals surface area contributed by atoms with Crippen LogP contribution in [0.3, 0.4) is 0 Å². The minimum absolute atomic E-state index is 0.0285. The molecule has 0 aliphatic carbocycles. The summed E-state index contributed by atoms with van der Waals surface area (Å²) < 4.78 is 6.63. The molecule has 1 aliphatic rings. The van der Waals surface area contributed by atoms with Crippen LogP contribution in [-0.4, -0.2) is 17.0 Å². The molecule has 0 spiro atoms. The van der Waals surface area contributed by atoms with Gasteiger partial charge in [0.15, 0.2) is 10.9 Å². The summed E-state index contributed by atoms with van der Waals surface area (Å²) >= 11 is 8.90. The highest BCUT2D eigenvalue weighted by Crippen LogP contribution is 2.34. The van der Waals surface area contributed by atoms with Crippen molar-refractivity contribution >= 4 is 39.0 Å². The number of nitrogens with one attached hydrogen (secondary N) is 2. The van der Waals surface area contributed by atoms with Gasteiger partial charge in [0.05, 0.1) is 16.6 Å². The lowest BCUT2D eigenvalue weighted by atomic mass is 9.89. The van der Waals surface area contributed by atoms with Gasteiger partial charge in [-0.3, -0.25) is 4.79 Å². The Morgan fingerprint density at radius 1 is 1.19 bits per heavy atom. The Hall–Kier alpha value is -2.18. The molecule has 1 atom stereocenters. The molecule has 0 radical (unpaired) electrons. The largest absolute Gasteiger partial charge is 0.490 e. The number of ketones is 1. The third-order valence-corrected chi connectivity index (χ3v) is 5.04. The fourth-order valence-corrected chi connectivity index (χ4v) is 3.80. The van der Waals surface area contributed by atoms with Crippen LogP contribution in [0.4, 0.5) is 0 Å². The van der Waals surface area contributed by atoms with Gasteiger partial charge in [-0.15, -0.1) is 0 Å². The fraction of sp³-hybridized carbons (Fsp3) is 0.238. The van der Waals surface area contributed by atoms with Crippen molar-refractivity contribution in [3.63, 3.8) is 0 Å². The lowest BCUT2D eigenvalue weighted by Crippen LogP contribution is -2.44. The highest BCUT2D eigenvalue weighted by atomic mass is 79.9. The number of carbonyl (C=O) groups is 1. The quantitative estimate of drug-likeness (QED) is 0.506. The van der Waals surface area contributed by atoms with Crippen molar-refractivity contribution in [2.24, 2.45) is 0 Å². The maximum atomic E-state index is 13.2. The molecule has 6 heteroatoms. The van der Waals surface area contributed by atoms with Crippen LogP contribution in [-0.2, 0) is 0 Å². The highest BCUT2D eigenvalue weighted by Gasteiger charge is 2.30. The monoisotopic (exact) mass is 444 g/mol. The molecule has 0 bridgehead atoms. The minimum Gasteiger partial charge on any atom is -0.490 e. The van der Waals surface area contributed by atoms with Crippen LogP contribution in [0.15, 0.2) is 64.3 Å². The molecular formula is C21H21BrN2O2S. The van der Waals surface area contributed by atoms with Gasteiger partial charge in [0.25, 0.3) is 0 Å². The zero-order chi connectivity index (χ0) is 19.6. The Labute approximate surface area is 173 Å². The van der Waals surface area contributed by atoms with Crippen LogP contribution in [0.1, 0.15) is 42.7 Å². The number of carbonyl (C=O) groups excluding carboxylic acids is 1. The van der Waals surface area contributed by atoms with Crippen LogP contribution in [0, 0.1) is 0 Å². The summed E-state index contributed by atoms with van der Waals surface area (Å²) in [6.07, 6.45) is 0.0779.